The number of carbonyl (C=O) groups excluding carboxylic acids is 1. The Bertz CT molecular complexity index is 1240. The normalized spacial score (nSPS) is 10.6. The molecule has 0 unspecified atom stereocenters. The molecule has 0 saturated carbocycles. The van der Waals surface area contributed by atoms with Crippen LogP contribution < -0.4 is 19.5 Å². The molecule has 0 aliphatic heterocycles. The lowest BCUT2D eigenvalue weighted by atomic mass is 10.2. The molecule has 0 spiro atoms. The van der Waals surface area contributed by atoms with Gasteiger partial charge in [-0.05, 0) is 48.0 Å². The Kier molecular flexibility index (Phi) is 7.36. The van der Waals surface area contributed by atoms with Crippen LogP contribution in [0.4, 0.5) is 5.69 Å². The number of aromatic amines is 1. The van der Waals surface area contributed by atoms with Crippen molar-refractivity contribution in [2.75, 3.05) is 19.5 Å². The van der Waals surface area contributed by atoms with Crippen molar-refractivity contribution in [1.82, 2.24) is 9.97 Å². The van der Waals surface area contributed by atoms with Gasteiger partial charge in [-0.15, -0.1) is 12.4 Å². The van der Waals surface area contributed by atoms with Crippen LogP contribution in [0.1, 0.15) is 5.56 Å². The van der Waals surface area contributed by atoms with Gasteiger partial charge in [-0.3, -0.25) is 4.79 Å². The molecular formula is C24H22ClN3O4. The molecule has 4 aromatic rings. The maximum absolute atomic E-state index is 12.2. The fraction of sp³-hybridized carbons (Fsp3) is 0.0833. The molecule has 164 valence electrons. The molecule has 7 nitrogen and oxygen atoms in total. The molecule has 0 aliphatic rings. The third kappa shape index (κ3) is 5.19. The average molecular weight is 452 g/mol. The van der Waals surface area contributed by atoms with Crippen LogP contribution >= 0.6 is 12.4 Å². The van der Waals surface area contributed by atoms with Crippen molar-refractivity contribution < 1.29 is 19.0 Å². The quantitative estimate of drug-likeness (QED) is 0.365. The lowest BCUT2D eigenvalue weighted by Gasteiger charge is -2.08. The molecule has 0 aliphatic carbocycles. The SMILES string of the molecule is COc1ccc(/C=C/C(=O)Nc2ccc(Oc3cccc4[nH]ccc34)nc2)cc1OC.Cl. The lowest BCUT2D eigenvalue weighted by Crippen LogP contribution is -2.07. The van der Waals surface area contributed by atoms with Crippen LogP contribution in [0.25, 0.3) is 17.0 Å². The maximum Gasteiger partial charge on any atom is 0.248 e. The van der Waals surface area contributed by atoms with E-state index < -0.39 is 0 Å². The number of rotatable bonds is 7. The van der Waals surface area contributed by atoms with Gasteiger partial charge < -0.3 is 24.5 Å². The van der Waals surface area contributed by atoms with Crippen molar-refractivity contribution in [3.8, 4) is 23.1 Å². The minimum Gasteiger partial charge on any atom is -0.493 e. The zero-order valence-corrected chi connectivity index (χ0v) is 18.3. The van der Waals surface area contributed by atoms with Crippen LogP contribution in [0.5, 0.6) is 23.1 Å². The Morgan fingerprint density at radius 1 is 1.00 bits per heavy atom. The smallest absolute Gasteiger partial charge is 0.248 e. The molecular weight excluding hydrogens is 430 g/mol. The van der Waals surface area contributed by atoms with Crippen LogP contribution in [0.2, 0.25) is 0 Å². The van der Waals surface area contributed by atoms with Crippen molar-refractivity contribution in [3.05, 3.63) is 78.6 Å². The summed E-state index contributed by atoms with van der Waals surface area (Å²) in [6.45, 7) is 0. The van der Waals surface area contributed by atoms with E-state index >= 15 is 0 Å². The number of nitrogens with zero attached hydrogens (tertiary/aromatic N) is 1. The van der Waals surface area contributed by atoms with Gasteiger partial charge in [-0.1, -0.05) is 12.1 Å². The summed E-state index contributed by atoms with van der Waals surface area (Å²) in [7, 11) is 3.14. The summed E-state index contributed by atoms with van der Waals surface area (Å²) in [5.74, 6) is 2.10. The third-order valence-electron chi connectivity index (χ3n) is 4.61. The average Bonchev–Trinajstić information content (AvgIpc) is 3.29. The highest BCUT2D eigenvalue weighted by molar-refractivity contribution is 6.01. The molecule has 4 rings (SSSR count). The third-order valence-corrected chi connectivity index (χ3v) is 4.61. The standard InChI is InChI=1S/C24H21N3O4.ClH/c1-29-21-9-6-16(14-22(21)30-2)7-10-23(28)27-17-8-11-24(26-15-17)31-20-5-3-4-19-18(20)12-13-25-19;/h3-15,25H,1-2H3,(H,27,28);1H/b10-7+;. The minimum absolute atomic E-state index is 0. The molecule has 0 bridgehead atoms. The van der Waals surface area contributed by atoms with Crippen molar-refractivity contribution in [1.29, 1.82) is 0 Å². The monoisotopic (exact) mass is 451 g/mol. The summed E-state index contributed by atoms with van der Waals surface area (Å²) < 4.78 is 16.4. The van der Waals surface area contributed by atoms with Crippen molar-refractivity contribution in [3.63, 3.8) is 0 Å². The Morgan fingerprint density at radius 3 is 2.59 bits per heavy atom. The van der Waals surface area contributed by atoms with Gasteiger partial charge >= 0.3 is 0 Å². The van der Waals surface area contributed by atoms with E-state index in [4.69, 9.17) is 14.2 Å². The Morgan fingerprint density at radius 2 is 1.84 bits per heavy atom. The largest absolute Gasteiger partial charge is 0.493 e. The molecule has 8 heteroatoms. The number of pyridine rings is 1. The van der Waals surface area contributed by atoms with E-state index in [1.54, 1.807) is 50.8 Å². The number of hydrogen-bond acceptors (Lipinski definition) is 5. The van der Waals surface area contributed by atoms with Crippen molar-refractivity contribution in [2.45, 2.75) is 0 Å². The number of hydrogen-bond donors (Lipinski definition) is 2. The zero-order chi connectivity index (χ0) is 21.6. The number of nitrogens with one attached hydrogen (secondary N) is 2. The van der Waals surface area contributed by atoms with Crippen LogP contribution in [0.3, 0.4) is 0 Å². The number of aromatic nitrogens is 2. The first-order valence-corrected chi connectivity index (χ1v) is 9.57. The van der Waals surface area contributed by atoms with E-state index in [2.05, 4.69) is 15.3 Å². The van der Waals surface area contributed by atoms with Gasteiger partial charge in [0.2, 0.25) is 11.8 Å². The van der Waals surface area contributed by atoms with Gasteiger partial charge in [-0.2, -0.15) is 0 Å². The second-order valence-corrected chi connectivity index (χ2v) is 6.62. The number of amides is 1. The zero-order valence-electron chi connectivity index (χ0n) is 17.5. The Hall–Kier alpha value is -3.97. The first-order valence-electron chi connectivity index (χ1n) is 9.57. The van der Waals surface area contributed by atoms with Gasteiger partial charge in [0.25, 0.3) is 0 Å². The summed E-state index contributed by atoms with van der Waals surface area (Å²) in [4.78, 5) is 19.7. The summed E-state index contributed by atoms with van der Waals surface area (Å²) in [6.07, 6.45) is 6.55. The Labute approximate surface area is 191 Å². The number of halogens is 1. The molecule has 2 N–H and O–H groups in total. The number of ether oxygens (including phenoxy) is 3. The van der Waals surface area contributed by atoms with E-state index in [9.17, 15) is 4.79 Å². The number of methoxy groups -OCH3 is 2. The first-order chi connectivity index (χ1) is 15.2. The van der Waals surface area contributed by atoms with Gasteiger partial charge in [0.05, 0.1) is 26.1 Å². The second-order valence-electron chi connectivity index (χ2n) is 6.62. The van der Waals surface area contributed by atoms with Gasteiger partial charge in [0.15, 0.2) is 11.5 Å². The topological polar surface area (TPSA) is 85.5 Å². The predicted octanol–water partition coefficient (Wildman–Crippen LogP) is 5.45. The summed E-state index contributed by atoms with van der Waals surface area (Å²) in [5, 5.41) is 3.75. The van der Waals surface area contributed by atoms with Gasteiger partial charge in [0, 0.05) is 29.2 Å². The second kappa shape index (κ2) is 10.4. The highest BCUT2D eigenvalue weighted by Gasteiger charge is 2.06. The van der Waals surface area contributed by atoms with Gasteiger partial charge in [0.1, 0.15) is 5.75 Å². The first kappa shape index (κ1) is 22.7. The number of fused-ring (bicyclic) bond motifs is 1. The Balaban J connectivity index is 0.00000289. The molecule has 1 amide bonds. The van der Waals surface area contributed by atoms with E-state index in [1.165, 1.54) is 6.08 Å². The van der Waals surface area contributed by atoms with Crippen LogP contribution in [-0.4, -0.2) is 30.1 Å². The van der Waals surface area contributed by atoms with E-state index in [0.29, 0.717) is 28.8 Å². The van der Waals surface area contributed by atoms with Crippen LogP contribution in [-0.2, 0) is 4.79 Å². The van der Waals surface area contributed by atoms with Crippen LogP contribution in [0, 0.1) is 0 Å². The molecule has 2 aromatic heterocycles. The van der Waals surface area contributed by atoms with Crippen LogP contribution in [0.15, 0.2) is 73.1 Å². The number of anilines is 1. The molecule has 0 saturated heterocycles. The molecule has 2 heterocycles. The van der Waals surface area contributed by atoms with Crippen molar-refractivity contribution in [2.24, 2.45) is 0 Å². The van der Waals surface area contributed by atoms with E-state index in [-0.39, 0.29) is 18.3 Å². The fourth-order valence-corrected chi connectivity index (χ4v) is 3.09. The summed E-state index contributed by atoms with van der Waals surface area (Å²) in [6, 6.07) is 16.6. The summed E-state index contributed by atoms with van der Waals surface area (Å²) in [5.41, 5.74) is 2.37. The number of H-pyrrole nitrogens is 1. The fourth-order valence-electron chi connectivity index (χ4n) is 3.09. The molecule has 0 radical (unpaired) electrons. The molecule has 0 atom stereocenters. The van der Waals surface area contributed by atoms with Gasteiger partial charge in [-0.25, -0.2) is 4.98 Å². The molecule has 0 fully saturated rings. The van der Waals surface area contributed by atoms with E-state index in [1.807, 2.05) is 36.5 Å². The minimum atomic E-state index is -0.276. The van der Waals surface area contributed by atoms with Crippen molar-refractivity contribution >= 4 is 41.0 Å². The predicted molar refractivity (Wildman–Crippen MR) is 127 cm³/mol. The lowest BCUT2D eigenvalue weighted by molar-refractivity contribution is -0.111. The maximum atomic E-state index is 12.2. The highest BCUT2D eigenvalue weighted by Crippen LogP contribution is 2.29. The number of carbonyl (C=O) groups is 1. The number of benzene rings is 2. The molecule has 2 aromatic carbocycles. The molecule has 32 heavy (non-hydrogen) atoms. The summed E-state index contributed by atoms with van der Waals surface area (Å²) >= 11 is 0. The van der Waals surface area contributed by atoms with E-state index in [0.717, 1.165) is 16.5 Å². The highest BCUT2D eigenvalue weighted by atomic mass is 35.5.